The molecule has 20 heavy (non-hydrogen) atoms. The highest BCUT2D eigenvalue weighted by molar-refractivity contribution is 9.10. The maximum Gasteiger partial charge on any atom is 0.120 e. The van der Waals surface area contributed by atoms with Crippen LogP contribution in [0, 0.1) is 0 Å². The molecule has 0 atom stereocenters. The van der Waals surface area contributed by atoms with Crippen LogP contribution in [0.2, 0.25) is 15.1 Å². The summed E-state index contributed by atoms with van der Waals surface area (Å²) in [7, 11) is 0. The van der Waals surface area contributed by atoms with Gasteiger partial charge >= 0.3 is 0 Å². The summed E-state index contributed by atoms with van der Waals surface area (Å²) >= 11 is 21.4. The highest BCUT2D eigenvalue weighted by atomic mass is 79.9. The van der Waals surface area contributed by atoms with E-state index in [0.29, 0.717) is 33.9 Å². The predicted octanol–water partition coefficient (Wildman–Crippen LogP) is 5.90. The number of rotatable bonds is 5. The van der Waals surface area contributed by atoms with Crippen molar-refractivity contribution in [3.05, 3.63) is 55.9 Å². The summed E-state index contributed by atoms with van der Waals surface area (Å²) in [6, 6.07) is 11.0. The van der Waals surface area contributed by atoms with Gasteiger partial charge in [-0.25, -0.2) is 0 Å². The van der Waals surface area contributed by atoms with E-state index in [1.165, 1.54) is 0 Å². The van der Waals surface area contributed by atoms with Gasteiger partial charge in [-0.2, -0.15) is 0 Å². The second-order valence-corrected chi connectivity index (χ2v) is 6.14. The summed E-state index contributed by atoms with van der Waals surface area (Å²) in [4.78, 5) is 0. The highest BCUT2D eigenvalue weighted by Crippen LogP contribution is 2.33. The minimum absolute atomic E-state index is 0.491. The molecule has 0 fully saturated rings. The summed E-state index contributed by atoms with van der Waals surface area (Å²) < 4.78 is 6.59. The lowest BCUT2D eigenvalue weighted by Gasteiger charge is -2.12. The van der Waals surface area contributed by atoms with Crippen LogP contribution in [0.1, 0.15) is 0 Å². The zero-order chi connectivity index (χ0) is 14.5. The monoisotopic (exact) mass is 393 g/mol. The number of halogens is 4. The molecular formula is C14H11BrCl3NO. The fourth-order valence-electron chi connectivity index (χ4n) is 1.61. The van der Waals surface area contributed by atoms with Gasteiger partial charge in [0, 0.05) is 16.0 Å². The third kappa shape index (κ3) is 4.45. The van der Waals surface area contributed by atoms with Crippen LogP contribution in [0.25, 0.3) is 0 Å². The fourth-order valence-corrected chi connectivity index (χ4v) is 2.94. The number of nitrogens with one attached hydrogen (secondary N) is 1. The number of hydrogen-bond donors (Lipinski definition) is 1. The molecule has 0 amide bonds. The van der Waals surface area contributed by atoms with Gasteiger partial charge in [0.05, 0.1) is 15.7 Å². The second-order valence-electron chi connectivity index (χ2n) is 3.98. The Labute approximate surface area is 141 Å². The first-order valence-corrected chi connectivity index (χ1v) is 7.76. The molecule has 2 aromatic rings. The third-order valence-electron chi connectivity index (χ3n) is 2.48. The Hall–Kier alpha value is -0.610. The molecule has 0 bridgehead atoms. The Balaban J connectivity index is 1.88. The summed E-state index contributed by atoms with van der Waals surface area (Å²) in [5.74, 6) is 0.800. The Morgan fingerprint density at radius 3 is 2.40 bits per heavy atom. The van der Waals surface area contributed by atoms with Crippen molar-refractivity contribution < 1.29 is 4.74 Å². The van der Waals surface area contributed by atoms with Crippen LogP contribution in [0.5, 0.6) is 5.75 Å². The Morgan fingerprint density at radius 2 is 1.75 bits per heavy atom. The van der Waals surface area contributed by atoms with Gasteiger partial charge in [0.15, 0.2) is 0 Å². The summed E-state index contributed by atoms with van der Waals surface area (Å²) in [6.07, 6.45) is 0. The molecule has 2 nitrogen and oxygen atoms in total. The van der Waals surface area contributed by atoms with E-state index in [-0.39, 0.29) is 0 Å². The molecule has 0 saturated carbocycles. The first-order valence-electron chi connectivity index (χ1n) is 5.83. The average Bonchev–Trinajstić information content (AvgIpc) is 2.36. The molecule has 0 unspecified atom stereocenters. The van der Waals surface area contributed by atoms with Crippen molar-refractivity contribution in [3.8, 4) is 5.75 Å². The van der Waals surface area contributed by atoms with Crippen LogP contribution in [0.15, 0.2) is 40.9 Å². The zero-order valence-electron chi connectivity index (χ0n) is 10.3. The SMILES string of the molecule is Clc1cc(Cl)c(NCCOc2cccc(Br)c2)c(Cl)c1. The van der Waals surface area contributed by atoms with Crippen LogP contribution in [-0.2, 0) is 0 Å². The molecule has 2 aromatic carbocycles. The van der Waals surface area contributed by atoms with Crippen LogP contribution >= 0.6 is 50.7 Å². The van der Waals surface area contributed by atoms with Gasteiger partial charge in [-0.1, -0.05) is 56.8 Å². The van der Waals surface area contributed by atoms with Gasteiger partial charge in [-0.15, -0.1) is 0 Å². The molecule has 0 aromatic heterocycles. The van der Waals surface area contributed by atoms with Crippen molar-refractivity contribution in [2.75, 3.05) is 18.5 Å². The molecule has 6 heteroatoms. The van der Waals surface area contributed by atoms with Crippen LogP contribution in [0.3, 0.4) is 0 Å². The second kappa shape index (κ2) is 7.41. The van der Waals surface area contributed by atoms with E-state index in [2.05, 4.69) is 21.2 Å². The maximum absolute atomic E-state index is 6.07. The topological polar surface area (TPSA) is 21.3 Å². The molecule has 0 radical (unpaired) electrons. The van der Waals surface area contributed by atoms with Gasteiger partial charge in [-0.3, -0.25) is 0 Å². The summed E-state index contributed by atoms with van der Waals surface area (Å²) in [5, 5.41) is 4.63. The quantitative estimate of drug-likeness (QED) is 0.637. The van der Waals surface area contributed by atoms with E-state index in [0.717, 1.165) is 10.2 Å². The molecule has 0 heterocycles. The van der Waals surface area contributed by atoms with E-state index in [4.69, 9.17) is 39.5 Å². The van der Waals surface area contributed by atoms with Gasteiger partial charge in [-0.05, 0) is 30.3 Å². The largest absolute Gasteiger partial charge is 0.492 e. The maximum atomic E-state index is 6.07. The van der Waals surface area contributed by atoms with Gasteiger partial charge in [0.1, 0.15) is 12.4 Å². The fraction of sp³-hybridized carbons (Fsp3) is 0.143. The Kier molecular flexibility index (Phi) is 5.85. The van der Waals surface area contributed by atoms with E-state index in [1.807, 2.05) is 24.3 Å². The average molecular weight is 396 g/mol. The molecule has 0 spiro atoms. The molecule has 0 aliphatic carbocycles. The van der Waals surface area contributed by atoms with Crippen LogP contribution < -0.4 is 10.1 Å². The Bertz CT molecular complexity index is 584. The van der Waals surface area contributed by atoms with Crippen molar-refractivity contribution in [1.82, 2.24) is 0 Å². The van der Waals surface area contributed by atoms with Crippen molar-refractivity contribution in [2.45, 2.75) is 0 Å². The lowest BCUT2D eigenvalue weighted by atomic mass is 10.3. The van der Waals surface area contributed by atoms with E-state index >= 15 is 0 Å². The molecule has 2 rings (SSSR count). The summed E-state index contributed by atoms with van der Waals surface area (Å²) in [5.41, 5.74) is 0.663. The number of hydrogen-bond acceptors (Lipinski definition) is 2. The number of anilines is 1. The van der Waals surface area contributed by atoms with Crippen molar-refractivity contribution in [1.29, 1.82) is 0 Å². The van der Waals surface area contributed by atoms with Gasteiger partial charge < -0.3 is 10.1 Å². The smallest absolute Gasteiger partial charge is 0.120 e. The number of benzene rings is 2. The van der Waals surface area contributed by atoms with E-state index < -0.39 is 0 Å². The molecular weight excluding hydrogens is 384 g/mol. The third-order valence-corrected chi connectivity index (χ3v) is 3.78. The summed E-state index contributed by atoms with van der Waals surface area (Å²) in [6.45, 7) is 1.07. The number of ether oxygens (including phenoxy) is 1. The standard InChI is InChI=1S/C14H11BrCl3NO/c15-9-2-1-3-11(6-9)20-5-4-19-14-12(17)7-10(16)8-13(14)18/h1-3,6-8,19H,4-5H2. The van der Waals surface area contributed by atoms with Crippen LogP contribution in [0.4, 0.5) is 5.69 Å². The van der Waals surface area contributed by atoms with Gasteiger partial charge in [0.2, 0.25) is 0 Å². The molecule has 0 saturated heterocycles. The lowest BCUT2D eigenvalue weighted by molar-refractivity contribution is 0.332. The first-order chi connectivity index (χ1) is 9.56. The van der Waals surface area contributed by atoms with E-state index in [9.17, 15) is 0 Å². The molecule has 0 aliphatic heterocycles. The normalized spacial score (nSPS) is 10.4. The lowest BCUT2D eigenvalue weighted by Crippen LogP contribution is -2.12. The molecule has 1 N–H and O–H groups in total. The highest BCUT2D eigenvalue weighted by Gasteiger charge is 2.07. The predicted molar refractivity (Wildman–Crippen MR) is 89.6 cm³/mol. The van der Waals surface area contributed by atoms with Crippen molar-refractivity contribution in [2.24, 2.45) is 0 Å². The van der Waals surface area contributed by atoms with Crippen molar-refractivity contribution in [3.63, 3.8) is 0 Å². The molecule has 106 valence electrons. The zero-order valence-corrected chi connectivity index (χ0v) is 14.2. The van der Waals surface area contributed by atoms with Crippen molar-refractivity contribution >= 4 is 56.4 Å². The minimum atomic E-state index is 0.491. The minimum Gasteiger partial charge on any atom is -0.492 e. The van der Waals surface area contributed by atoms with Gasteiger partial charge in [0.25, 0.3) is 0 Å². The molecule has 0 aliphatic rings. The first kappa shape index (κ1) is 15.8. The van der Waals surface area contributed by atoms with Crippen LogP contribution in [-0.4, -0.2) is 13.2 Å². The van der Waals surface area contributed by atoms with E-state index in [1.54, 1.807) is 12.1 Å². The Morgan fingerprint density at radius 1 is 1.05 bits per heavy atom.